The molecule has 1 amide bonds. The maximum absolute atomic E-state index is 12.2. The van der Waals surface area contributed by atoms with E-state index in [4.69, 9.17) is 9.88 Å². The molecule has 170 valence electrons. The number of benzene rings is 2. The molecule has 9 heteroatoms. The van der Waals surface area contributed by atoms with Crippen LogP contribution in [-0.2, 0) is 37.2 Å². The van der Waals surface area contributed by atoms with Gasteiger partial charge in [0.2, 0.25) is 10.0 Å². The Bertz CT molecular complexity index is 1190. The van der Waals surface area contributed by atoms with Crippen molar-refractivity contribution >= 4 is 32.8 Å². The van der Waals surface area contributed by atoms with Gasteiger partial charge < -0.3 is 15.0 Å². The molecule has 8 nitrogen and oxygen atoms in total. The Labute approximate surface area is 187 Å². The highest BCUT2D eigenvalue weighted by Gasteiger charge is 2.17. The number of hydrogen-bond donors (Lipinski definition) is 3. The average Bonchev–Trinajstić information content (AvgIpc) is 3.16. The molecule has 0 saturated heterocycles. The van der Waals surface area contributed by atoms with E-state index in [2.05, 4.69) is 10.3 Å². The van der Waals surface area contributed by atoms with Crippen LogP contribution in [0, 0.1) is 0 Å². The minimum Gasteiger partial charge on any atom is -0.453 e. The Morgan fingerprint density at radius 3 is 2.53 bits per heavy atom. The van der Waals surface area contributed by atoms with Gasteiger partial charge in [0.05, 0.1) is 4.90 Å². The first-order valence-corrected chi connectivity index (χ1v) is 11.9. The zero-order valence-corrected chi connectivity index (χ0v) is 18.7. The summed E-state index contributed by atoms with van der Waals surface area (Å²) in [6, 6.07) is 14.1. The number of nitrogens with one attached hydrogen (secondary N) is 2. The second-order valence-corrected chi connectivity index (χ2v) is 9.14. The number of H-pyrrole nitrogens is 1. The van der Waals surface area contributed by atoms with E-state index in [1.165, 1.54) is 19.1 Å². The summed E-state index contributed by atoms with van der Waals surface area (Å²) in [4.78, 5) is 27.5. The highest BCUT2D eigenvalue weighted by molar-refractivity contribution is 7.89. The molecular weight excluding hydrogens is 430 g/mol. The quantitative estimate of drug-likeness (QED) is 0.402. The first-order chi connectivity index (χ1) is 15.2. The minimum atomic E-state index is -3.73. The molecule has 0 spiro atoms. The van der Waals surface area contributed by atoms with Gasteiger partial charge in [0.25, 0.3) is 5.91 Å². The summed E-state index contributed by atoms with van der Waals surface area (Å²) < 4.78 is 27.8. The Morgan fingerprint density at radius 1 is 1.09 bits per heavy atom. The summed E-state index contributed by atoms with van der Waals surface area (Å²) in [6.45, 7) is 1.86. The summed E-state index contributed by atoms with van der Waals surface area (Å²) in [5, 5.41) is 8.93. The normalized spacial score (nSPS) is 12.4. The number of nitrogens with two attached hydrogens (primary N) is 1. The monoisotopic (exact) mass is 457 g/mol. The predicted octanol–water partition coefficient (Wildman–Crippen LogP) is 2.43. The summed E-state index contributed by atoms with van der Waals surface area (Å²) in [7, 11) is -3.73. The van der Waals surface area contributed by atoms with Crippen molar-refractivity contribution in [3.63, 3.8) is 0 Å². The van der Waals surface area contributed by atoms with Crippen LogP contribution in [0.25, 0.3) is 10.9 Å². The molecule has 0 bridgehead atoms. The van der Waals surface area contributed by atoms with Gasteiger partial charge in [-0.05, 0) is 55.5 Å². The van der Waals surface area contributed by atoms with E-state index in [0.717, 1.165) is 28.5 Å². The molecule has 1 unspecified atom stereocenters. The Hall–Kier alpha value is -3.17. The molecule has 0 fully saturated rings. The second kappa shape index (κ2) is 10.4. The first kappa shape index (κ1) is 23.5. The van der Waals surface area contributed by atoms with Gasteiger partial charge >= 0.3 is 5.97 Å². The van der Waals surface area contributed by atoms with Crippen LogP contribution in [-0.4, -0.2) is 37.9 Å². The van der Waals surface area contributed by atoms with Crippen molar-refractivity contribution in [3.05, 3.63) is 65.9 Å². The molecule has 3 aromatic rings. The maximum Gasteiger partial charge on any atom is 0.306 e. The minimum absolute atomic E-state index is 0.0375. The number of rotatable bonds is 10. The van der Waals surface area contributed by atoms with E-state index in [-0.39, 0.29) is 17.2 Å². The number of aromatic amines is 1. The van der Waals surface area contributed by atoms with Crippen LogP contribution in [0.4, 0.5) is 0 Å². The topological polar surface area (TPSA) is 131 Å². The van der Waals surface area contributed by atoms with Crippen molar-refractivity contribution in [2.24, 2.45) is 5.14 Å². The van der Waals surface area contributed by atoms with Gasteiger partial charge in [-0.15, -0.1) is 0 Å². The van der Waals surface area contributed by atoms with E-state index in [1.807, 2.05) is 30.5 Å². The fourth-order valence-electron chi connectivity index (χ4n) is 3.39. The number of aromatic nitrogens is 1. The van der Waals surface area contributed by atoms with E-state index in [1.54, 1.807) is 12.1 Å². The SMILES string of the molecule is CC(OC(=O)CCCc1c[nH]c2ccccc12)C(=O)NCCc1ccc(S(N)(=O)=O)cc1. The van der Waals surface area contributed by atoms with Crippen LogP contribution < -0.4 is 10.5 Å². The fraction of sp³-hybridized carbons (Fsp3) is 0.304. The molecule has 0 aliphatic rings. The third kappa shape index (κ3) is 6.41. The molecule has 1 aromatic heterocycles. The number of fused-ring (bicyclic) bond motifs is 1. The maximum atomic E-state index is 12.2. The zero-order valence-electron chi connectivity index (χ0n) is 17.8. The summed E-state index contributed by atoms with van der Waals surface area (Å²) in [5.41, 5.74) is 3.06. The van der Waals surface area contributed by atoms with Crippen molar-refractivity contribution in [1.29, 1.82) is 0 Å². The van der Waals surface area contributed by atoms with E-state index in [0.29, 0.717) is 19.4 Å². The summed E-state index contributed by atoms with van der Waals surface area (Å²) >= 11 is 0. The third-order valence-corrected chi connectivity index (χ3v) is 6.07. The van der Waals surface area contributed by atoms with Crippen LogP contribution in [0.1, 0.15) is 30.9 Å². The number of aryl methyl sites for hydroxylation is 1. The molecule has 0 saturated carbocycles. The van der Waals surface area contributed by atoms with E-state index < -0.39 is 22.1 Å². The number of amides is 1. The zero-order chi connectivity index (χ0) is 23.1. The molecule has 0 aliphatic heterocycles. The summed E-state index contributed by atoms with van der Waals surface area (Å²) in [6.07, 6.45) is 3.16. The van der Waals surface area contributed by atoms with Crippen LogP contribution in [0.3, 0.4) is 0 Å². The van der Waals surface area contributed by atoms with Gasteiger partial charge in [-0.3, -0.25) is 9.59 Å². The Balaban J connectivity index is 1.36. The fourth-order valence-corrected chi connectivity index (χ4v) is 3.91. The third-order valence-electron chi connectivity index (χ3n) is 5.14. The summed E-state index contributed by atoms with van der Waals surface area (Å²) in [5.74, 6) is -0.790. The van der Waals surface area contributed by atoms with Gasteiger partial charge in [0, 0.05) is 30.1 Å². The van der Waals surface area contributed by atoms with Gasteiger partial charge in [0.15, 0.2) is 6.10 Å². The standard InChI is InChI=1S/C23H27N3O5S/c1-16(23(28)25-14-13-17-9-11-19(12-10-17)32(24,29)30)31-22(27)8-4-5-18-15-26-21-7-3-2-6-20(18)21/h2-3,6-7,9-12,15-16,26H,4-5,8,13-14H2,1H3,(H,25,28)(H2,24,29,30). The van der Waals surface area contributed by atoms with Crippen LogP contribution in [0.2, 0.25) is 0 Å². The number of sulfonamides is 1. The van der Waals surface area contributed by atoms with Gasteiger partial charge in [-0.2, -0.15) is 0 Å². The molecule has 4 N–H and O–H groups in total. The lowest BCUT2D eigenvalue weighted by molar-refractivity contribution is -0.154. The van der Waals surface area contributed by atoms with Crippen LogP contribution in [0.5, 0.6) is 0 Å². The molecule has 1 atom stereocenters. The van der Waals surface area contributed by atoms with Crippen LogP contribution >= 0.6 is 0 Å². The van der Waals surface area contributed by atoms with Crippen molar-refractivity contribution in [3.8, 4) is 0 Å². The highest BCUT2D eigenvalue weighted by Crippen LogP contribution is 2.19. The Morgan fingerprint density at radius 2 is 1.81 bits per heavy atom. The van der Waals surface area contributed by atoms with Gasteiger partial charge in [0.1, 0.15) is 0 Å². The van der Waals surface area contributed by atoms with Crippen LogP contribution in [0.15, 0.2) is 59.6 Å². The molecule has 3 rings (SSSR count). The molecule has 0 aliphatic carbocycles. The number of para-hydroxylation sites is 1. The molecule has 1 heterocycles. The lowest BCUT2D eigenvalue weighted by atomic mass is 10.1. The van der Waals surface area contributed by atoms with Crippen molar-refractivity contribution in [1.82, 2.24) is 10.3 Å². The Kier molecular flexibility index (Phi) is 7.66. The smallest absolute Gasteiger partial charge is 0.306 e. The van der Waals surface area contributed by atoms with Crippen molar-refractivity contribution in [2.45, 2.75) is 43.6 Å². The number of ether oxygens (including phenoxy) is 1. The molecule has 2 aromatic carbocycles. The number of esters is 1. The number of primary sulfonamides is 1. The lowest BCUT2D eigenvalue weighted by Crippen LogP contribution is -2.36. The van der Waals surface area contributed by atoms with Crippen molar-refractivity contribution < 1.29 is 22.7 Å². The molecule has 0 radical (unpaired) electrons. The predicted molar refractivity (Wildman–Crippen MR) is 121 cm³/mol. The largest absolute Gasteiger partial charge is 0.453 e. The molecular formula is C23H27N3O5S. The highest BCUT2D eigenvalue weighted by atomic mass is 32.2. The number of hydrogen-bond acceptors (Lipinski definition) is 5. The van der Waals surface area contributed by atoms with E-state index >= 15 is 0 Å². The number of carbonyl (C=O) groups excluding carboxylic acids is 2. The average molecular weight is 458 g/mol. The number of carbonyl (C=O) groups is 2. The first-order valence-electron chi connectivity index (χ1n) is 10.4. The molecule has 32 heavy (non-hydrogen) atoms. The van der Waals surface area contributed by atoms with Gasteiger partial charge in [-0.25, -0.2) is 13.6 Å². The van der Waals surface area contributed by atoms with Gasteiger partial charge in [-0.1, -0.05) is 30.3 Å². The lowest BCUT2D eigenvalue weighted by Gasteiger charge is -2.13. The van der Waals surface area contributed by atoms with E-state index in [9.17, 15) is 18.0 Å². The second-order valence-electron chi connectivity index (χ2n) is 7.58. The van der Waals surface area contributed by atoms with Crippen molar-refractivity contribution in [2.75, 3.05) is 6.54 Å².